The standard InChI is InChI=1S/C16H25N5O4S/c1-20(2)26(23,24)11-12-9-25-10-14(12)19-15-8-17-7-13(18-15)16(22)21-5-3-4-6-21/h7-8,12,14H,3-6,9-11H2,1-2H3,(H,18,19)/t12-,14+/m0/s1. The van der Waals surface area contributed by atoms with Crippen LogP contribution in [0.1, 0.15) is 23.3 Å². The molecule has 0 spiro atoms. The molecule has 3 rings (SSSR count). The van der Waals surface area contributed by atoms with E-state index in [4.69, 9.17) is 4.74 Å². The molecule has 2 fully saturated rings. The van der Waals surface area contributed by atoms with Crippen LogP contribution in [0.3, 0.4) is 0 Å². The number of nitrogens with zero attached hydrogens (tertiary/aromatic N) is 4. The van der Waals surface area contributed by atoms with Gasteiger partial charge in [-0.1, -0.05) is 0 Å². The van der Waals surface area contributed by atoms with Crippen LogP contribution >= 0.6 is 0 Å². The van der Waals surface area contributed by atoms with Crippen LogP contribution in [0.15, 0.2) is 12.4 Å². The van der Waals surface area contributed by atoms with Gasteiger partial charge in [-0.25, -0.2) is 17.7 Å². The van der Waals surface area contributed by atoms with E-state index in [9.17, 15) is 13.2 Å². The number of hydrogen-bond donors (Lipinski definition) is 1. The molecule has 9 nitrogen and oxygen atoms in total. The van der Waals surface area contributed by atoms with Gasteiger partial charge >= 0.3 is 0 Å². The fourth-order valence-corrected chi connectivity index (χ4v) is 4.32. The zero-order valence-corrected chi connectivity index (χ0v) is 15.9. The van der Waals surface area contributed by atoms with Crippen molar-refractivity contribution >= 4 is 21.7 Å². The Labute approximate surface area is 153 Å². The van der Waals surface area contributed by atoms with Gasteiger partial charge in [0.05, 0.1) is 37.4 Å². The van der Waals surface area contributed by atoms with Crippen LogP contribution in [0.2, 0.25) is 0 Å². The maximum absolute atomic E-state index is 12.4. The highest BCUT2D eigenvalue weighted by Crippen LogP contribution is 2.21. The Morgan fingerprint density at radius 2 is 2.04 bits per heavy atom. The molecule has 1 aromatic heterocycles. The van der Waals surface area contributed by atoms with E-state index >= 15 is 0 Å². The number of aromatic nitrogens is 2. The topological polar surface area (TPSA) is 105 Å². The summed E-state index contributed by atoms with van der Waals surface area (Å²) in [6, 6.07) is -0.198. The molecule has 0 aliphatic carbocycles. The summed E-state index contributed by atoms with van der Waals surface area (Å²) in [6.07, 6.45) is 5.03. The minimum atomic E-state index is -3.32. The molecule has 0 unspecified atom stereocenters. The second kappa shape index (κ2) is 7.85. The van der Waals surface area contributed by atoms with Gasteiger partial charge in [-0.05, 0) is 12.8 Å². The summed E-state index contributed by atoms with van der Waals surface area (Å²) in [5, 5.41) is 3.19. The minimum Gasteiger partial charge on any atom is -0.379 e. The number of ether oxygens (including phenoxy) is 1. The van der Waals surface area contributed by atoms with E-state index in [1.54, 1.807) is 4.90 Å². The molecule has 2 aliphatic heterocycles. The van der Waals surface area contributed by atoms with Gasteiger partial charge in [0.2, 0.25) is 10.0 Å². The van der Waals surface area contributed by atoms with Crippen molar-refractivity contribution in [3.05, 3.63) is 18.1 Å². The van der Waals surface area contributed by atoms with Crippen molar-refractivity contribution in [2.75, 3.05) is 51.5 Å². The largest absolute Gasteiger partial charge is 0.379 e. The SMILES string of the molecule is CN(C)S(=O)(=O)C[C@@H]1COC[C@H]1Nc1cncc(C(=O)N2CCCC2)n1. The molecular weight excluding hydrogens is 358 g/mol. The van der Waals surface area contributed by atoms with Gasteiger partial charge < -0.3 is 15.0 Å². The third-order valence-corrected chi connectivity index (χ3v) is 6.72. The third kappa shape index (κ3) is 4.30. The molecule has 2 aliphatic rings. The first kappa shape index (κ1) is 19.0. The third-order valence-electron chi connectivity index (χ3n) is 4.76. The van der Waals surface area contributed by atoms with Crippen LogP contribution in [0.4, 0.5) is 5.82 Å². The monoisotopic (exact) mass is 383 g/mol. The first-order chi connectivity index (χ1) is 12.4. The van der Waals surface area contributed by atoms with Crippen LogP contribution in [-0.2, 0) is 14.8 Å². The molecule has 0 aromatic carbocycles. The lowest BCUT2D eigenvalue weighted by molar-refractivity contribution is 0.0786. The molecule has 10 heteroatoms. The highest BCUT2D eigenvalue weighted by Gasteiger charge is 2.33. The van der Waals surface area contributed by atoms with Gasteiger partial charge in [0, 0.05) is 33.1 Å². The normalized spacial score (nSPS) is 23.6. The molecule has 1 aromatic rings. The van der Waals surface area contributed by atoms with E-state index in [2.05, 4.69) is 15.3 Å². The highest BCUT2D eigenvalue weighted by atomic mass is 32.2. The predicted molar refractivity (Wildman–Crippen MR) is 96.4 cm³/mol. The highest BCUT2D eigenvalue weighted by molar-refractivity contribution is 7.89. The van der Waals surface area contributed by atoms with Gasteiger partial charge in [-0.15, -0.1) is 0 Å². The molecule has 144 valence electrons. The number of anilines is 1. The second-order valence-electron chi connectivity index (χ2n) is 6.90. The van der Waals surface area contributed by atoms with Gasteiger partial charge in [-0.3, -0.25) is 9.78 Å². The van der Waals surface area contributed by atoms with Crippen LogP contribution in [0.5, 0.6) is 0 Å². The number of sulfonamides is 1. The number of carbonyl (C=O) groups excluding carboxylic acids is 1. The Morgan fingerprint density at radius 1 is 1.31 bits per heavy atom. The molecule has 0 saturated carbocycles. The van der Waals surface area contributed by atoms with Gasteiger partial charge in [0.1, 0.15) is 11.5 Å². The first-order valence-electron chi connectivity index (χ1n) is 8.72. The molecule has 1 N–H and O–H groups in total. The van der Waals surface area contributed by atoms with Crippen molar-refractivity contribution in [3.8, 4) is 0 Å². The van der Waals surface area contributed by atoms with Crippen LogP contribution < -0.4 is 5.32 Å². The summed E-state index contributed by atoms with van der Waals surface area (Å²) < 4.78 is 31.0. The average molecular weight is 383 g/mol. The number of rotatable bonds is 6. The summed E-state index contributed by atoms with van der Waals surface area (Å²) in [5.74, 6) is 0.144. The van der Waals surface area contributed by atoms with E-state index < -0.39 is 10.0 Å². The molecule has 2 atom stereocenters. The molecule has 1 amide bonds. The lowest BCUT2D eigenvalue weighted by atomic mass is 10.1. The fraction of sp³-hybridized carbons (Fsp3) is 0.688. The lowest BCUT2D eigenvalue weighted by Gasteiger charge is -2.21. The van der Waals surface area contributed by atoms with E-state index in [1.807, 2.05) is 0 Å². The van der Waals surface area contributed by atoms with Crippen molar-refractivity contribution in [2.45, 2.75) is 18.9 Å². The number of carbonyl (C=O) groups is 1. The van der Waals surface area contributed by atoms with E-state index in [1.165, 1.54) is 30.8 Å². The Kier molecular flexibility index (Phi) is 5.73. The molecule has 26 heavy (non-hydrogen) atoms. The Morgan fingerprint density at radius 3 is 2.73 bits per heavy atom. The number of hydrogen-bond acceptors (Lipinski definition) is 7. The quantitative estimate of drug-likeness (QED) is 0.739. The van der Waals surface area contributed by atoms with Gasteiger partial charge in [0.15, 0.2) is 0 Å². The Bertz CT molecular complexity index is 749. The van der Waals surface area contributed by atoms with E-state index in [0.29, 0.717) is 24.7 Å². The van der Waals surface area contributed by atoms with E-state index in [0.717, 1.165) is 25.9 Å². The van der Waals surface area contributed by atoms with E-state index in [-0.39, 0.29) is 23.6 Å². The predicted octanol–water partition coefficient (Wildman–Crippen LogP) is 0.0309. The number of amides is 1. The smallest absolute Gasteiger partial charge is 0.274 e. The molecule has 2 saturated heterocycles. The zero-order chi connectivity index (χ0) is 18.7. The first-order valence-corrected chi connectivity index (χ1v) is 10.3. The summed E-state index contributed by atoms with van der Waals surface area (Å²) in [6.45, 7) is 2.25. The van der Waals surface area contributed by atoms with Gasteiger partial charge in [-0.2, -0.15) is 0 Å². The second-order valence-corrected chi connectivity index (χ2v) is 9.13. The summed E-state index contributed by atoms with van der Waals surface area (Å²) in [7, 11) is -0.282. The van der Waals surface area contributed by atoms with Crippen molar-refractivity contribution in [2.24, 2.45) is 5.92 Å². The fourth-order valence-electron chi connectivity index (χ4n) is 3.15. The summed E-state index contributed by atoms with van der Waals surface area (Å²) >= 11 is 0. The van der Waals surface area contributed by atoms with Crippen LogP contribution in [-0.4, -0.2) is 85.7 Å². The Hall–Kier alpha value is -1.78. The molecular formula is C16H25N5O4S. The molecule has 0 bridgehead atoms. The zero-order valence-electron chi connectivity index (χ0n) is 15.1. The van der Waals surface area contributed by atoms with Gasteiger partial charge in [0.25, 0.3) is 5.91 Å². The molecule has 0 radical (unpaired) electrons. The summed E-state index contributed by atoms with van der Waals surface area (Å²) in [5.41, 5.74) is 0.299. The maximum atomic E-state index is 12.4. The van der Waals surface area contributed by atoms with Crippen LogP contribution in [0.25, 0.3) is 0 Å². The van der Waals surface area contributed by atoms with Crippen LogP contribution in [0, 0.1) is 5.92 Å². The average Bonchev–Trinajstić information content (AvgIpc) is 3.27. The van der Waals surface area contributed by atoms with Crippen molar-refractivity contribution in [3.63, 3.8) is 0 Å². The maximum Gasteiger partial charge on any atom is 0.274 e. The number of nitrogens with one attached hydrogen (secondary N) is 1. The van der Waals surface area contributed by atoms with Crippen molar-refractivity contribution in [1.82, 2.24) is 19.2 Å². The van der Waals surface area contributed by atoms with Crippen molar-refractivity contribution in [1.29, 1.82) is 0 Å². The number of likely N-dealkylation sites (tertiary alicyclic amines) is 1. The summed E-state index contributed by atoms with van der Waals surface area (Å²) in [4.78, 5) is 22.7. The van der Waals surface area contributed by atoms with Crippen molar-refractivity contribution < 1.29 is 17.9 Å². The lowest BCUT2D eigenvalue weighted by Crippen LogP contribution is -2.37. The molecule has 3 heterocycles. The minimum absolute atomic E-state index is 0.00249. The Balaban J connectivity index is 1.68.